The summed E-state index contributed by atoms with van der Waals surface area (Å²) in [6.45, 7) is 0. The van der Waals surface area contributed by atoms with Crippen molar-refractivity contribution in [3.05, 3.63) is 69.7 Å². The van der Waals surface area contributed by atoms with Gasteiger partial charge in [-0.1, -0.05) is 48.0 Å². The first-order valence-electron chi connectivity index (χ1n) is 8.93. The van der Waals surface area contributed by atoms with Crippen molar-refractivity contribution in [3.63, 3.8) is 0 Å². The van der Waals surface area contributed by atoms with E-state index in [-0.39, 0.29) is 30.3 Å². The number of benzene rings is 2. The molecule has 2 atom stereocenters. The molecular formula is C21H26Cl2N2O. The highest BCUT2D eigenvalue weighted by Gasteiger charge is 2.27. The van der Waals surface area contributed by atoms with Crippen LogP contribution in [0.15, 0.2) is 42.5 Å². The van der Waals surface area contributed by atoms with E-state index in [1.54, 1.807) is 0 Å². The number of fused-ring (bicyclic) bond motifs is 1. The Morgan fingerprint density at radius 1 is 1.19 bits per heavy atom. The van der Waals surface area contributed by atoms with Crippen LogP contribution >= 0.6 is 24.0 Å². The predicted octanol–water partition coefficient (Wildman–Crippen LogP) is 4.17. The van der Waals surface area contributed by atoms with Crippen LogP contribution in [0.3, 0.4) is 0 Å². The highest BCUT2D eigenvalue weighted by atomic mass is 35.5. The molecule has 2 aromatic carbocycles. The Labute approximate surface area is 166 Å². The Morgan fingerprint density at radius 3 is 2.69 bits per heavy atom. The van der Waals surface area contributed by atoms with Crippen molar-refractivity contribution in [3.8, 4) is 0 Å². The molecule has 0 aliphatic heterocycles. The zero-order chi connectivity index (χ0) is 17.8. The molecule has 0 saturated carbocycles. The lowest BCUT2D eigenvalue weighted by molar-refractivity contribution is -0.118. The summed E-state index contributed by atoms with van der Waals surface area (Å²) >= 11 is 6.36. The van der Waals surface area contributed by atoms with Gasteiger partial charge in [0.05, 0.1) is 0 Å². The number of primary amides is 1. The van der Waals surface area contributed by atoms with Crippen LogP contribution in [-0.2, 0) is 24.1 Å². The van der Waals surface area contributed by atoms with Crippen molar-refractivity contribution in [2.75, 3.05) is 0 Å². The van der Waals surface area contributed by atoms with Crippen LogP contribution in [0, 0.1) is 0 Å². The second-order valence-electron chi connectivity index (χ2n) is 6.96. The van der Waals surface area contributed by atoms with Gasteiger partial charge in [-0.2, -0.15) is 0 Å². The minimum absolute atomic E-state index is 0. The Hall–Kier alpha value is -1.55. The highest BCUT2D eigenvalue weighted by Crippen LogP contribution is 2.35. The first-order chi connectivity index (χ1) is 12.0. The first kappa shape index (κ1) is 20.8. The van der Waals surface area contributed by atoms with Gasteiger partial charge in [0.15, 0.2) is 0 Å². The van der Waals surface area contributed by atoms with Gasteiger partial charge in [-0.25, -0.2) is 0 Å². The molecular weight excluding hydrogens is 367 g/mol. The maximum absolute atomic E-state index is 10.9. The Bertz CT molecular complexity index is 763. The number of halogens is 2. The zero-order valence-corrected chi connectivity index (χ0v) is 16.4. The molecule has 0 radical (unpaired) electrons. The first-order valence-corrected chi connectivity index (χ1v) is 9.31. The van der Waals surface area contributed by atoms with E-state index in [2.05, 4.69) is 24.3 Å². The van der Waals surface area contributed by atoms with Gasteiger partial charge in [-0.3, -0.25) is 4.79 Å². The molecule has 26 heavy (non-hydrogen) atoms. The Balaban J connectivity index is 0.00000243. The van der Waals surface area contributed by atoms with Crippen LogP contribution in [0.5, 0.6) is 0 Å². The van der Waals surface area contributed by atoms with E-state index < -0.39 is 0 Å². The molecule has 3 rings (SSSR count). The lowest BCUT2D eigenvalue weighted by atomic mass is 9.76. The normalized spacial score (nSPS) is 18.7. The van der Waals surface area contributed by atoms with Gasteiger partial charge in [-0.05, 0) is 60.4 Å². The average Bonchev–Trinajstić information content (AvgIpc) is 2.59. The smallest absolute Gasteiger partial charge is 0.217 e. The molecule has 2 unspecified atom stereocenters. The zero-order valence-electron chi connectivity index (χ0n) is 14.8. The number of hydrogen-bond donors (Lipinski definition) is 2. The highest BCUT2D eigenvalue weighted by molar-refractivity contribution is 6.31. The third-order valence-corrected chi connectivity index (χ3v) is 5.53. The minimum atomic E-state index is -0.239. The van der Waals surface area contributed by atoms with Crippen LogP contribution in [0.2, 0.25) is 5.02 Å². The fraction of sp³-hybridized carbons (Fsp3) is 0.381. The van der Waals surface area contributed by atoms with Crippen LogP contribution < -0.4 is 11.5 Å². The molecule has 2 aromatic rings. The predicted molar refractivity (Wildman–Crippen MR) is 110 cm³/mol. The summed E-state index contributed by atoms with van der Waals surface area (Å²) in [5.74, 6) is 0.0383. The third kappa shape index (κ3) is 5.00. The maximum atomic E-state index is 10.9. The lowest BCUT2D eigenvalue weighted by Gasteiger charge is -2.32. The molecule has 0 spiro atoms. The average molecular weight is 393 g/mol. The molecule has 4 N–H and O–H groups in total. The minimum Gasteiger partial charge on any atom is -0.370 e. The standard InChI is InChI=1S/C21H25ClN2O.ClH/c22-19-6-2-1-5-16(19)13-18-17-12-14(4-3-7-21(24)25)8-9-15(17)10-11-20(18)23;/h1-2,5-6,8-9,12,18,20H,3-4,7,10-11,13,23H2,(H2,24,25);1H. The summed E-state index contributed by atoms with van der Waals surface area (Å²) < 4.78 is 0. The van der Waals surface area contributed by atoms with E-state index >= 15 is 0 Å². The van der Waals surface area contributed by atoms with E-state index in [4.69, 9.17) is 23.1 Å². The van der Waals surface area contributed by atoms with Gasteiger partial charge >= 0.3 is 0 Å². The number of rotatable bonds is 6. The number of carbonyl (C=O) groups excluding carboxylic acids is 1. The maximum Gasteiger partial charge on any atom is 0.217 e. The van der Waals surface area contributed by atoms with Gasteiger partial charge in [0.25, 0.3) is 0 Å². The number of hydrogen-bond acceptors (Lipinski definition) is 2. The van der Waals surface area contributed by atoms with Crippen molar-refractivity contribution < 1.29 is 4.79 Å². The number of carbonyl (C=O) groups is 1. The van der Waals surface area contributed by atoms with Crippen LogP contribution in [0.1, 0.15) is 47.4 Å². The fourth-order valence-electron chi connectivity index (χ4n) is 3.76. The lowest BCUT2D eigenvalue weighted by Crippen LogP contribution is -2.34. The molecule has 0 fully saturated rings. The van der Waals surface area contributed by atoms with Gasteiger partial charge in [0.1, 0.15) is 0 Å². The van der Waals surface area contributed by atoms with E-state index in [0.29, 0.717) is 6.42 Å². The van der Waals surface area contributed by atoms with Crippen molar-refractivity contribution in [2.45, 2.75) is 50.5 Å². The van der Waals surface area contributed by atoms with Crippen molar-refractivity contribution in [1.29, 1.82) is 0 Å². The molecule has 0 saturated heterocycles. The molecule has 140 valence electrons. The monoisotopic (exact) mass is 392 g/mol. The quantitative estimate of drug-likeness (QED) is 0.774. The fourth-order valence-corrected chi connectivity index (χ4v) is 3.97. The van der Waals surface area contributed by atoms with Gasteiger partial charge < -0.3 is 11.5 Å². The van der Waals surface area contributed by atoms with Crippen LogP contribution in [0.25, 0.3) is 0 Å². The van der Waals surface area contributed by atoms with Crippen LogP contribution in [-0.4, -0.2) is 11.9 Å². The van der Waals surface area contributed by atoms with Crippen molar-refractivity contribution >= 4 is 29.9 Å². The summed E-state index contributed by atoms with van der Waals surface area (Å²) in [7, 11) is 0. The third-order valence-electron chi connectivity index (χ3n) is 5.16. The van der Waals surface area contributed by atoms with Gasteiger partial charge in [0, 0.05) is 23.4 Å². The molecule has 1 aliphatic carbocycles. The topological polar surface area (TPSA) is 69.1 Å². The summed E-state index contributed by atoms with van der Waals surface area (Å²) in [6, 6.07) is 14.8. The Kier molecular flexibility index (Phi) is 7.51. The second kappa shape index (κ2) is 9.40. The summed E-state index contributed by atoms with van der Waals surface area (Å²) in [5, 5.41) is 0.805. The molecule has 3 nitrogen and oxygen atoms in total. The molecule has 0 bridgehead atoms. The van der Waals surface area contributed by atoms with E-state index in [1.807, 2.05) is 18.2 Å². The summed E-state index contributed by atoms with van der Waals surface area (Å²) in [5.41, 5.74) is 16.8. The SMILES string of the molecule is Cl.NC(=O)CCCc1ccc2c(c1)C(Cc1ccccc1Cl)C(N)CC2. The molecule has 1 aliphatic rings. The van der Waals surface area contributed by atoms with Crippen LogP contribution in [0.4, 0.5) is 0 Å². The van der Waals surface area contributed by atoms with Crippen molar-refractivity contribution in [2.24, 2.45) is 11.5 Å². The van der Waals surface area contributed by atoms with E-state index in [1.165, 1.54) is 16.7 Å². The number of amides is 1. The van der Waals surface area contributed by atoms with E-state index in [0.717, 1.165) is 42.7 Å². The number of aryl methyl sites for hydroxylation is 2. The van der Waals surface area contributed by atoms with Gasteiger partial charge in [0.2, 0.25) is 5.91 Å². The largest absolute Gasteiger partial charge is 0.370 e. The molecule has 5 heteroatoms. The number of nitrogens with two attached hydrogens (primary N) is 2. The Morgan fingerprint density at radius 2 is 1.96 bits per heavy atom. The second-order valence-corrected chi connectivity index (χ2v) is 7.36. The summed E-state index contributed by atoms with van der Waals surface area (Å²) in [4.78, 5) is 10.9. The summed E-state index contributed by atoms with van der Waals surface area (Å²) in [6.07, 6.45) is 4.97. The molecule has 0 heterocycles. The van der Waals surface area contributed by atoms with E-state index in [9.17, 15) is 4.79 Å². The molecule has 1 amide bonds. The van der Waals surface area contributed by atoms with Gasteiger partial charge in [-0.15, -0.1) is 12.4 Å². The molecule has 0 aromatic heterocycles. The van der Waals surface area contributed by atoms with Crippen molar-refractivity contribution in [1.82, 2.24) is 0 Å².